The van der Waals surface area contributed by atoms with Crippen LogP contribution in [0.1, 0.15) is 18.5 Å². The van der Waals surface area contributed by atoms with Crippen LogP contribution >= 0.6 is 0 Å². The summed E-state index contributed by atoms with van der Waals surface area (Å²) in [5.41, 5.74) is 8.31. The summed E-state index contributed by atoms with van der Waals surface area (Å²) in [7, 11) is 1.44. The van der Waals surface area contributed by atoms with Crippen LogP contribution in [0.2, 0.25) is 0 Å². The summed E-state index contributed by atoms with van der Waals surface area (Å²) in [4.78, 5) is 4.12. The van der Waals surface area contributed by atoms with Crippen LogP contribution in [0.25, 0.3) is 11.1 Å². The minimum atomic E-state index is -0.388. The van der Waals surface area contributed by atoms with Gasteiger partial charge in [0.1, 0.15) is 0 Å². The van der Waals surface area contributed by atoms with Crippen LogP contribution in [0.5, 0.6) is 5.75 Å². The number of nitrogens with two attached hydrogens (primary N) is 1. The van der Waals surface area contributed by atoms with Gasteiger partial charge in [-0.1, -0.05) is 6.07 Å². The molecule has 1 heterocycles. The zero-order valence-electron chi connectivity index (χ0n) is 10.4. The Balaban J connectivity index is 2.42. The van der Waals surface area contributed by atoms with Crippen LogP contribution in [0.15, 0.2) is 36.7 Å². The van der Waals surface area contributed by atoms with E-state index in [-0.39, 0.29) is 17.6 Å². The van der Waals surface area contributed by atoms with Gasteiger partial charge in [-0.2, -0.15) is 0 Å². The second-order valence-electron chi connectivity index (χ2n) is 4.14. The molecule has 4 heteroatoms. The minimum Gasteiger partial charge on any atom is -0.494 e. The predicted octanol–water partition coefficient (Wildman–Crippen LogP) is 2.92. The summed E-state index contributed by atoms with van der Waals surface area (Å²) >= 11 is 0. The van der Waals surface area contributed by atoms with Crippen LogP contribution in [-0.2, 0) is 0 Å². The van der Waals surface area contributed by atoms with Gasteiger partial charge in [0.15, 0.2) is 11.6 Å². The lowest BCUT2D eigenvalue weighted by Crippen LogP contribution is -2.05. The molecule has 2 aromatic rings. The number of ether oxygens (including phenoxy) is 1. The van der Waals surface area contributed by atoms with Crippen molar-refractivity contribution in [3.8, 4) is 16.9 Å². The SMILES string of the molecule is COc1ccc(-c2cncc(C(C)N)c2)cc1F. The second-order valence-corrected chi connectivity index (χ2v) is 4.14. The molecule has 0 saturated carbocycles. The van der Waals surface area contributed by atoms with Crippen molar-refractivity contribution in [1.29, 1.82) is 0 Å². The molecule has 0 amide bonds. The summed E-state index contributed by atoms with van der Waals surface area (Å²) in [6, 6.07) is 6.65. The molecule has 94 valence electrons. The van der Waals surface area contributed by atoms with Gasteiger partial charge in [0.2, 0.25) is 0 Å². The zero-order chi connectivity index (χ0) is 13.1. The standard InChI is InChI=1S/C14H15FN2O/c1-9(16)11-5-12(8-17-7-11)10-3-4-14(18-2)13(15)6-10/h3-9H,16H2,1-2H3. The quantitative estimate of drug-likeness (QED) is 0.905. The molecule has 0 bridgehead atoms. The lowest BCUT2D eigenvalue weighted by atomic mass is 10.0. The molecule has 1 atom stereocenters. The summed E-state index contributed by atoms with van der Waals surface area (Å²) < 4.78 is 18.5. The number of rotatable bonds is 3. The van der Waals surface area contributed by atoms with Crippen LogP contribution in [-0.4, -0.2) is 12.1 Å². The third-order valence-electron chi connectivity index (χ3n) is 2.77. The molecule has 3 nitrogen and oxygen atoms in total. The summed E-state index contributed by atoms with van der Waals surface area (Å²) in [5, 5.41) is 0. The molecule has 0 aliphatic heterocycles. The first-order chi connectivity index (χ1) is 8.61. The number of nitrogens with zero attached hydrogens (tertiary/aromatic N) is 1. The van der Waals surface area contributed by atoms with Gasteiger partial charge in [-0.3, -0.25) is 4.98 Å². The average molecular weight is 246 g/mol. The van der Waals surface area contributed by atoms with Crippen molar-refractivity contribution in [2.45, 2.75) is 13.0 Å². The number of hydrogen-bond donors (Lipinski definition) is 1. The predicted molar refractivity (Wildman–Crippen MR) is 68.8 cm³/mol. The maximum Gasteiger partial charge on any atom is 0.165 e. The highest BCUT2D eigenvalue weighted by molar-refractivity contribution is 5.64. The van der Waals surface area contributed by atoms with Crippen molar-refractivity contribution in [1.82, 2.24) is 4.98 Å². The van der Waals surface area contributed by atoms with Crippen LogP contribution < -0.4 is 10.5 Å². The topological polar surface area (TPSA) is 48.1 Å². The van der Waals surface area contributed by atoms with E-state index in [1.165, 1.54) is 13.2 Å². The highest BCUT2D eigenvalue weighted by Gasteiger charge is 2.07. The first kappa shape index (κ1) is 12.5. The largest absolute Gasteiger partial charge is 0.494 e. The molecular formula is C14H15FN2O. The Kier molecular flexibility index (Phi) is 3.58. The zero-order valence-corrected chi connectivity index (χ0v) is 10.4. The number of aromatic nitrogens is 1. The Hall–Kier alpha value is -1.94. The Morgan fingerprint density at radius 2 is 2.00 bits per heavy atom. The van der Waals surface area contributed by atoms with Gasteiger partial charge < -0.3 is 10.5 Å². The van der Waals surface area contributed by atoms with Crippen LogP contribution in [0.4, 0.5) is 4.39 Å². The Labute approximate surface area is 105 Å². The van der Waals surface area contributed by atoms with Crippen molar-refractivity contribution in [2.24, 2.45) is 5.73 Å². The maximum absolute atomic E-state index is 13.6. The molecule has 0 saturated heterocycles. The minimum absolute atomic E-state index is 0.0967. The van der Waals surface area contributed by atoms with Crippen molar-refractivity contribution in [3.63, 3.8) is 0 Å². The van der Waals surface area contributed by atoms with E-state index >= 15 is 0 Å². The van der Waals surface area contributed by atoms with E-state index in [4.69, 9.17) is 10.5 Å². The highest BCUT2D eigenvalue weighted by Crippen LogP contribution is 2.26. The molecule has 1 aromatic heterocycles. The number of methoxy groups -OCH3 is 1. The molecular weight excluding hydrogens is 231 g/mol. The molecule has 2 N–H and O–H groups in total. The van der Waals surface area contributed by atoms with Crippen molar-refractivity contribution < 1.29 is 9.13 Å². The molecule has 0 radical (unpaired) electrons. The number of benzene rings is 1. The molecule has 0 aliphatic carbocycles. The van der Waals surface area contributed by atoms with Crippen molar-refractivity contribution in [2.75, 3.05) is 7.11 Å². The molecule has 1 aromatic carbocycles. The van der Waals surface area contributed by atoms with Gasteiger partial charge in [0.05, 0.1) is 7.11 Å². The van der Waals surface area contributed by atoms with Gasteiger partial charge in [-0.05, 0) is 36.2 Å². The summed E-state index contributed by atoms with van der Waals surface area (Å²) in [6.45, 7) is 1.88. The fourth-order valence-corrected chi connectivity index (χ4v) is 1.71. The fraction of sp³-hybridized carbons (Fsp3) is 0.214. The molecule has 18 heavy (non-hydrogen) atoms. The van der Waals surface area contributed by atoms with Crippen LogP contribution in [0.3, 0.4) is 0 Å². The smallest absolute Gasteiger partial charge is 0.165 e. The van der Waals surface area contributed by atoms with E-state index in [0.717, 1.165) is 16.7 Å². The Bertz CT molecular complexity index is 555. The molecule has 0 aliphatic rings. The van der Waals surface area contributed by atoms with Gasteiger partial charge in [-0.15, -0.1) is 0 Å². The normalized spacial score (nSPS) is 12.2. The molecule has 2 rings (SSSR count). The first-order valence-electron chi connectivity index (χ1n) is 5.66. The number of pyridine rings is 1. The summed E-state index contributed by atoms with van der Waals surface area (Å²) in [5.74, 6) is -0.156. The van der Waals surface area contributed by atoms with Crippen molar-refractivity contribution >= 4 is 0 Å². The Morgan fingerprint density at radius 3 is 2.61 bits per heavy atom. The second kappa shape index (κ2) is 5.14. The third kappa shape index (κ3) is 2.49. The van der Waals surface area contributed by atoms with E-state index in [1.54, 1.807) is 24.5 Å². The van der Waals surface area contributed by atoms with E-state index in [9.17, 15) is 4.39 Å². The highest BCUT2D eigenvalue weighted by atomic mass is 19.1. The number of halogens is 1. The van der Waals surface area contributed by atoms with Gasteiger partial charge in [-0.25, -0.2) is 4.39 Å². The maximum atomic E-state index is 13.6. The monoisotopic (exact) mass is 246 g/mol. The van der Waals surface area contributed by atoms with E-state index in [1.807, 2.05) is 13.0 Å². The van der Waals surface area contributed by atoms with Gasteiger partial charge in [0.25, 0.3) is 0 Å². The Morgan fingerprint density at radius 1 is 1.22 bits per heavy atom. The van der Waals surface area contributed by atoms with Gasteiger partial charge in [0, 0.05) is 24.0 Å². The first-order valence-corrected chi connectivity index (χ1v) is 5.66. The van der Waals surface area contributed by atoms with E-state index in [0.29, 0.717) is 0 Å². The fourth-order valence-electron chi connectivity index (χ4n) is 1.71. The van der Waals surface area contributed by atoms with Crippen LogP contribution in [0, 0.1) is 5.82 Å². The van der Waals surface area contributed by atoms with Crippen molar-refractivity contribution in [3.05, 3.63) is 48.0 Å². The number of hydrogen-bond acceptors (Lipinski definition) is 3. The van der Waals surface area contributed by atoms with E-state index < -0.39 is 0 Å². The van der Waals surface area contributed by atoms with Gasteiger partial charge >= 0.3 is 0 Å². The third-order valence-corrected chi connectivity index (χ3v) is 2.77. The summed E-state index contributed by atoms with van der Waals surface area (Å²) in [6.07, 6.45) is 3.40. The van der Waals surface area contributed by atoms with E-state index in [2.05, 4.69) is 4.98 Å². The molecule has 1 unspecified atom stereocenters. The molecule has 0 spiro atoms. The lowest BCUT2D eigenvalue weighted by Gasteiger charge is -2.09. The molecule has 0 fully saturated rings. The lowest BCUT2D eigenvalue weighted by molar-refractivity contribution is 0.386. The average Bonchev–Trinajstić information content (AvgIpc) is 2.38.